The average molecular weight is 260 g/mol. The van der Waals surface area contributed by atoms with Crippen LogP contribution in [-0.4, -0.2) is 38.7 Å². The maximum atomic E-state index is 11.6. The number of carbonyl (C=O) groups excluding carboxylic acids is 1. The number of nitrogens with two attached hydrogens (primary N) is 1. The Morgan fingerprint density at radius 3 is 2.84 bits per heavy atom. The van der Waals surface area contributed by atoms with Crippen LogP contribution in [0.4, 0.5) is 0 Å². The second kappa shape index (κ2) is 6.05. The molecule has 19 heavy (non-hydrogen) atoms. The highest BCUT2D eigenvalue weighted by molar-refractivity contribution is 5.75. The molecule has 7 nitrogen and oxygen atoms in total. The average Bonchev–Trinajstić information content (AvgIpc) is 2.88. The monoisotopic (exact) mass is 260 g/mol. The van der Waals surface area contributed by atoms with Crippen LogP contribution in [0.5, 0.6) is 0 Å². The fourth-order valence-corrected chi connectivity index (χ4v) is 1.52. The normalized spacial score (nSPS) is 12.1. The van der Waals surface area contributed by atoms with Gasteiger partial charge in [-0.3, -0.25) is 4.79 Å². The van der Waals surface area contributed by atoms with Crippen molar-refractivity contribution >= 4 is 5.91 Å². The first-order chi connectivity index (χ1) is 9.19. The lowest BCUT2D eigenvalue weighted by Gasteiger charge is -2.09. The number of hydrogen-bond acceptors (Lipinski definition) is 5. The van der Waals surface area contributed by atoms with Crippen LogP contribution in [0, 0.1) is 0 Å². The summed E-state index contributed by atoms with van der Waals surface area (Å²) < 4.78 is 0. The summed E-state index contributed by atoms with van der Waals surface area (Å²) in [5.41, 5.74) is 6.29. The second-order valence-corrected chi connectivity index (χ2v) is 4.21. The zero-order chi connectivity index (χ0) is 13.7. The summed E-state index contributed by atoms with van der Waals surface area (Å²) >= 11 is 0. The Bertz CT molecular complexity index is 538. The van der Waals surface area contributed by atoms with E-state index in [1.54, 1.807) is 0 Å². The standard InChI is InChI=1S/C12H16N6O/c1-9(7-13)14-11(19)8-18-16-12(15-17-18)10-5-3-2-4-6-10/h2-6,9H,7-8,13H2,1H3,(H,14,19)/t9-/m0/s1. The van der Waals surface area contributed by atoms with Gasteiger partial charge in [-0.15, -0.1) is 10.2 Å². The summed E-state index contributed by atoms with van der Waals surface area (Å²) in [4.78, 5) is 12.9. The molecule has 1 atom stereocenters. The van der Waals surface area contributed by atoms with Crippen LogP contribution in [0.3, 0.4) is 0 Å². The maximum absolute atomic E-state index is 11.6. The van der Waals surface area contributed by atoms with Gasteiger partial charge in [0.2, 0.25) is 11.7 Å². The Morgan fingerprint density at radius 2 is 2.16 bits per heavy atom. The van der Waals surface area contributed by atoms with Crippen LogP contribution in [0.15, 0.2) is 30.3 Å². The predicted octanol–water partition coefficient (Wildman–Crippen LogP) is -0.196. The van der Waals surface area contributed by atoms with Gasteiger partial charge in [0, 0.05) is 18.2 Å². The van der Waals surface area contributed by atoms with Crippen molar-refractivity contribution in [1.82, 2.24) is 25.5 Å². The highest BCUT2D eigenvalue weighted by Gasteiger charge is 2.10. The maximum Gasteiger partial charge on any atom is 0.243 e. The molecule has 1 aromatic carbocycles. The van der Waals surface area contributed by atoms with Crippen LogP contribution >= 0.6 is 0 Å². The van der Waals surface area contributed by atoms with Gasteiger partial charge in [-0.05, 0) is 12.1 Å². The summed E-state index contributed by atoms with van der Waals surface area (Å²) in [7, 11) is 0. The zero-order valence-corrected chi connectivity index (χ0v) is 10.7. The number of tetrazole rings is 1. The number of hydrogen-bond donors (Lipinski definition) is 2. The van der Waals surface area contributed by atoms with Crippen molar-refractivity contribution in [3.8, 4) is 11.4 Å². The topological polar surface area (TPSA) is 98.7 Å². The van der Waals surface area contributed by atoms with Crippen molar-refractivity contribution in [2.24, 2.45) is 5.73 Å². The SMILES string of the molecule is C[C@@H](CN)NC(=O)Cn1nnc(-c2ccccc2)n1. The molecule has 1 aromatic heterocycles. The van der Waals surface area contributed by atoms with Gasteiger partial charge in [-0.1, -0.05) is 30.3 Å². The van der Waals surface area contributed by atoms with E-state index in [0.717, 1.165) is 5.56 Å². The molecule has 0 saturated heterocycles. The molecular formula is C12H16N6O. The Labute approximate surface area is 110 Å². The molecule has 1 amide bonds. The van der Waals surface area contributed by atoms with E-state index in [2.05, 4.69) is 20.7 Å². The fourth-order valence-electron chi connectivity index (χ4n) is 1.52. The van der Waals surface area contributed by atoms with Gasteiger partial charge in [0.25, 0.3) is 0 Å². The van der Waals surface area contributed by atoms with E-state index < -0.39 is 0 Å². The predicted molar refractivity (Wildman–Crippen MR) is 69.9 cm³/mol. The summed E-state index contributed by atoms with van der Waals surface area (Å²) in [6.45, 7) is 2.26. The molecule has 0 aliphatic heterocycles. The van der Waals surface area contributed by atoms with E-state index in [-0.39, 0.29) is 18.5 Å². The molecule has 100 valence electrons. The van der Waals surface area contributed by atoms with Crippen molar-refractivity contribution in [1.29, 1.82) is 0 Å². The third kappa shape index (κ3) is 3.59. The summed E-state index contributed by atoms with van der Waals surface area (Å²) in [6, 6.07) is 9.41. The van der Waals surface area contributed by atoms with E-state index in [1.165, 1.54) is 4.80 Å². The summed E-state index contributed by atoms with van der Waals surface area (Å²) in [6.07, 6.45) is 0. The zero-order valence-electron chi connectivity index (χ0n) is 10.7. The number of nitrogens with zero attached hydrogens (tertiary/aromatic N) is 4. The Kier molecular flexibility index (Phi) is 4.19. The van der Waals surface area contributed by atoms with Crippen LogP contribution in [0.1, 0.15) is 6.92 Å². The highest BCUT2D eigenvalue weighted by atomic mass is 16.2. The van der Waals surface area contributed by atoms with Crippen LogP contribution in [0.2, 0.25) is 0 Å². The first-order valence-electron chi connectivity index (χ1n) is 6.01. The van der Waals surface area contributed by atoms with E-state index in [1.807, 2.05) is 37.3 Å². The number of amides is 1. The molecule has 0 saturated carbocycles. The van der Waals surface area contributed by atoms with Crippen molar-refractivity contribution < 1.29 is 4.79 Å². The quantitative estimate of drug-likeness (QED) is 0.776. The number of nitrogens with one attached hydrogen (secondary N) is 1. The minimum Gasteiger partial charge on any atom is -0.351 e. The molecule has 0 aliphatic rings. The van der Waals surface area contributed by atoms with Gasteiger partial charge in [0.05, 0.1) is 0 Å². The van der Waals surface area contributed by atoms with Gasteiger partial charge in [-0.2, -0.15) is 4.80 Å². The minimum atomic E-state index is -0.185. The second-order valence-electron chi connectivity index (χ2n) is 4.21. The molecule has 2 rings (SSSR count). The van der Waals surface area contributed by atoms with Gasteiger partial charge in [-0.25, -0.2) is 0 Å². The van der Waals surface area contributed by atoms with Gasteiger partial charge in [0.15, 0.2) is 0 Å². The third-order valence-electron chi connectivity index (χ3n) is 2.53. The number of aromatic nitrogens is 4. The molecule has 0 bridgehead atoms. The Hall–Kier alpha value is -2.28. The highest BCUT2D eigenvalue weighted by Crippen LogP contribution is 2.11. The third-order valence-corrected chi connectivity index (χ3v) is 2.53. The van der Waals surface area contributed by atoms with Gasteiger partial charge >= 0.3 is 0 Å². The van der Waals surface area contributed by atoms with Crippen LogP contribution < -0.4 is 11.1 Å². The molecule has 0 aliphatic carbocycles. The molecule has 2 aromatic rings. The van der Waals surface area contributed by atoms with E-state index >= 15 is 0 Å². The van der Waals surface area contributed by atoms with Crippen molar-refractivity contribution in [2.75, 3.05) is 6.54 Å². The number of rotatable bonds is 5. The van der Waals surface area contributed by atoms with Gasteiger partial charge < -0.3 is 11.1 Å². The first-order valence-corrected chi connectivity index (χ1v) is 6.01. The van der Waals surface area contributed by atoms with E-state index in [4.69, 9.17) is 5.73 Å². The van der Waals surface area contributed by atoms with Crippen molar-refractivity contribution in [3.63, 3.8) is 0 Å². The summed E-state index contributed by atoms with van der Waals surface area (Å²) in [5.74, 6) is 0.315. The number of carbonyl (C=O) groups is 1. The smallest absolute Gasteiger partial charge is 0.243 e. The van der Waals surface area contributed by atoms with E-state index in [9.17, 15) is 4.79 Å². The van der Waals surface area contributed by atoms with Crippen molar-refractivity contribution in [2.45, 2.75) is 19.5 Å². The Balaban J connectivity index is 2.00. The lowest BCUT2D eigenvalue weighted by Crippen LogP contribution is -2.39. The molecule has 0 fully saturated rings. The number of benzene rings is 1. The molecule has 3 N–H and O–H groups in total. The van der Waals surface area contributed by atoms with Crippen molar-refractivity contribution in [3.05, 3.63) is 30.3 Å². The largest absolute Gasteiger partial charge is 0.351 e. The van der Waals surface area contributed by atoms with Crippen LogP contribution in [-0.2, 0) is 11.3 Å². The lowest BCUT2D eigenvalue weighted by atomic mass is 10.2. The molecule has 0 radical (unpaired) electrons. The molecular weight excluding hydrogens is 244 g/mol. The summed E-state index contributed by atoms with van der Waals surface area (Å²) in [5, 5.41) is 14.7. The molecule has 0 spiro atoms. The molecule has 0 unspecified atom stereocenters. The Morgan fingerprint density at radius 1 is 1.42 bits per heavy atom. The lowest BCUT2D eigenvalue weighted by molar-refractivity contribution is -0.122. The molecule has 1 heterocycles. The van der Waals surface area contributed by atoms with Gasteiger partial charge in [0.1, 0.15) is 6.54 Å². The van der Waals surface area contributed by atoms with Crippen LogP contribution in [0.25, 0.3) is 11.4 Å². The molecule has 7 heteroatoms. The van der Waals surface area contributed by atoms with E-state index in [0.29, 0.717) is 12.4 Å². The minimum absolute atomic E-state index is 0.0319. The fraction of sp³-hybridized carbons (Fsp3) is 0.333. The first kappa shape index (κ1) is 13.2.